The van der Waals surface area contributed by atoms with Crippen molar-refractivity contribution < 1.29 is 9.90 Å². The molecule has 1 fully saturated rings. The van der Waals surface area contributed by atoms with Gasteiger partial charge in [-0.2, -0.15) is 0 Å². The van der Waals surface area contributed by atoms with Crippen molar-refractivity contribution >= 4 is 5.97 Å². The summed E-state index contributed by atoms with van der Waals surface area (Å²) in [6.45, 7) is 0.488. The third-order valence-corrected chi connectivity index (χ3v) is 3.94. The topological polar surface area (TPSA) is 63.3 Å². The van der Waals surface area contributed by atoms with E-state index in [2.05, 4.69) is 6.08 Å². The van der Waals surface area contributed by atoms with Crippen LogP contribution in [0, 0.1) is 11.3 Å². The molecule has 0 amide bonds. The summed E-state index contributed by atoms with van der Waals surface area (Å²) in [5, 5.41) is 8.92. The van der Waals surface area contributed by atoms with Crippen molar-refractivity contribution in [3.63, 3.8) is 0 Å². The summed E-state index contributed by atoms with van der Waals surface area (Å²) in [5.74, 6) is -0.0838. The van der Waals surface area contributed by atoms with E-state index < -0.39 is 5.97 Å². The number of aliphatic carboxylic acids is 1. The van der Waals surface area contributed by atoms with Gasteiger partial charge in [0.2, 0.25) is 0 Å². The van der Waals surface area contributed by atoms with E-state index in [9.17, 15) is 4.79 Å². The number of carboxylic acids is 1. The van der Waals surface area contributed by atoms with Crippen LogP contribution in [0.1, 0.15) is 38.5 Å². The SMILES string of the molecule is NC[C@]1(CC(=O)O)C[C@@H]2CCCCC=C21. The average Bonchev–Trinajstić information content (AvgIpc) is 2.36. The van der Waals surface area contributed by atoms with E-state index in [0.29, 0.717) is 12.5 Å². The Morgan fingerprint density at radius 3 is 3.07 bits per heavy atom. The van der Waals surface area contributed by atoms with Crippen LogP contribution in [0.15, 0.2) is 11.6 Å². The quantitative estimate of drug-likeness (QED) is 0.698. The van der Waals surface area contributed by atoms with Crippen molar-refractivity contribution in [3.05, 3.63) is 11.6 Å². The first-order chi connectivity index (χ1) is 7.18. The molecule has 2 rings (SSSR count). The van der Waals surface area contributed by atoms with Crippen molar-refractivity contribution in [2.24, 2.45) is 17.1 Å². The van der Waals surface area contributed by atoms with Gasteiger partial charge < -0.3 is 10.8 Å². The minimum atomic E-state index is -0.718. The van der Waals surface area contributed by atoms with E-state index in [1.807, 2.05) is 0 Å². The van der Waals surface area contributed by atoms with Crippen LogP contribution >= 0.6 is 0 Å². The van der Waals surface area contributed by atoms with Crippen molar-refractivity contribution in [1.82, 2.24) is 0 Å². The smallest absolute Gasteiger partial charge is 0.304 e. The van der Waals surface area contributed by atoms with Gasteiger partial charge in [-0.15, -0.1) is 0 Å². The average molecular weight is 209 g/mol. The molecule has 0 aromatic carbocycles. The Morgan fingerprint density at radius 2 is 2.40 bits per heavy atom. The zero-order valence-corrected chi connectivity index (χ0v) is 9.04. The molecule has 1 saturated carbocycles. The Kier molecular flexibility index (Phi) is 2.83. The molecule has 0 aromatic heterocycles. The normalized spacial score (nSPS) is 34.7. The highest BCUT2D eigenvalue weighted by molar-refractivity contribution is 5.69. The molecule has 2 atom stereocenters. The first kappa shape index (κ1) is 10.7. The maximum Gasteiger partial charge on any atom is 0.304 e. The summed E-state index contributed by atoms with van der Waals surface area (Å²) in [4.78, 5) is 10.8. The van der Waals surface area contributed by atoms with Crippen LogP contribution in [0.2, 0.25) is 0 Å². The molecule has 0 radical (unpaired) electrons. The van der Waals surface area contributed by atoms with Gasteiger partial charge in [0.15, 0.2) is 0 Å². The van der Waals surface area contributed by atoms with E-state index in [-0.39, 0.29) is 11.8 Å². The van der Waals surface area contributed by atoms with Gasteiger partial charge in [-0.3, -0.25) is 4.79 Å². The molecule has 84 valence electrons. The molecule has 0 saturated heterocycles. The number of nitrogens with two attached hydrogens (primary N) is 1. The van der Waals surface area contributed by atoms with Gasteiger partial charge in [-0.25, -0.2) is 0 Å². The van der Waals surface area contributed by atoms with E-state index in [1.54, 1.807) is 0 Å². The molecule has 0 unspecified atom stereocenters. The Bertz CT molecular complexity index is 298. The maximum absolute atomic E-state index is 10.8. The summed E-state index contributed by atoms with van der Waals surface area (Å²) >= 11 is 0. The van der Waals surface area contributed by atoms with Crippen LogP contribution in [0.5, 0.6) is 0 Å². The van der Waals surface area contributed by atoms with Crippen LogP contribution in [0.3, 0.4) is 0 Å². The highest BCUT2D eigenvalue weighted by Gasteiger charge is 2.48. The fraction of sp³-hybridized carbons (Fsp3) is 0.750. The van der Waals surface area contributed by atoms with Crippen LogP contribution < -0.4 is 5.73 Å². The molecule has 2 aliphatic rings. The first-order valence-electron chi connectivity index (χ1n) is 5.80. The number of hydrogen-bond acceptors (Lipinski definition) is 2. The van der Waals surface area contributed by atoms with Gasteiger partial charge in [0.05, 0.1) is 6.42 Å². The fourth-order valence-corrected chi connectivity index (χ4v) is 3.17. The van der Waals surface area contributed by atoms with Crippen molar-refractivity contribution in [2.45, 2.75) is 38.5 Å². The second kappa shape index (κ2) is 3.97. The van der Waals surface area contributed by atoms with Crippen LogP contribution in [-0.4, -0.2) is 17.6 Å². The zero-order chi connectivity index (χ0) is 10.9. The Morgan fingerprint density at radius 1 is 1.60 bits per heavy atom. The van der Waals surface area contributed by atoms with E-state index in [1.165, 1.54) is 24.8 Å². The third-order valence-electron chi connectivity index (χ3n) is 3.94. The van der Waals surface area contributed by atoms with Crippen molar-refractivity contribution in [2.75, 3.05) is 6.54 Å². The molecule has 0 bridgehead atoms. The number of hydrogen-bond donors (Lipinski definition) is 2. The number of carbonyl (C=O) groups is 1. The van der Waals surface area contributed by atoms with Gasteiger partial charge in [-0.1, -0.05) is 18.1 Å². The summed E-state index contributed by atoms with van der Waals surface area (Å²) in [7, 11) is 0. The van der Waals surface area contributed by atoms with Gasteiger partial charge in [-0.05, 0) is 31.6 Å². The molecule has 0 aromatic rings. The molecule has 0 aliphatic heterocycles. The van der Waals surface area contributed by atoms with Gasteiger partial charge in [0, 0.05) is 12.0 Å². The number of allylic oxidation sites excluding steroid dienone is 1. The lowest BCUT2D eigenvalue weighted by Crippen LogP contribution is -2.47. The van der Waals surface area contributed by atoms with Gasteiger partial charge in [0.25, 0.3) is 0 Å². The zero-order valence-electron chi connectivity index (χ0n) is 9.04. The molecular formula is C12H19NO2. The predicted octanol–water partition coefficient (Wildman–Crippen LogP) is 1.93. The monoisotopic (exact) mass is 209 g/mol. The lowest BCUT2D eigenvalue weighted by atomic mass is 9.55. The van der Waals surface area contributed by atoms with E-state index in [4.69, 9.17) is 10.8 Å². The standard InChI is InChI=1S/C12H19NO2/c13-8-12(7-11(14)15)6-9-4-2-1-3-5-10(9)12/h5,9H,1-4,6-8,13H2,(H,14,15)/t9-,12+/m0/s1. The Labute approximate surface area is 90.3 Å². The molecule has 3 nitrogen and oxygen atoms in total. The lowest BCUT2D eigenvalue weighted by Gasteiger charge is -2.49. The Balaban J connectivity index is 2.15. The summed E-state index contributed by atoms with van der Waals surface area (Å²) in [6.07, 6.45) is 8.32. The number of fused-ring (bicyclic) bond motifs is 1. The predicted molar refractivity (Wildman–Crippen MR) is 58.4 cm³/mol. The van der Waals surface area contributed by atoms with E-state index >= 15 is 0 Å². The first-order valence-corrected chi connectivity index (χ1v) is 5.80. The second-order valence-corrected chi connectivity index (χ2v) is 4.90. The van der Waals surface area contributed by atoms with Crippen molar-refractivity contribution in [3.8, 4) is 0 Å². The Hall–Kier alpha value is -0.830. The molecule has 15 heavy (non-hydrogen) atoms. The maximum atomic E-state index is 10.8. The lowest BCUT2D eigenvalue weighted by molar-refractivity contribution is -0.140. The summed E-state index contributed by atoms with van der Waals surface area (Å²) in [5.41, 5.74) is 6.93. The molecule has 0 heterocycles. The fourth-order valence-electron chi connectivity index (χ4n) is 3.17. The molecular weight excluding hydrogens is 190 g/mol. The molecule has 0 spiro atoms. The highest BCUT2D eigenvalue weighted by Crippen LogP contribution is 2.55. The highest BCUT2D eigenvalue weighted by atomic mass is 16.4. The number of carboxylic acid groups (broad SMARTS) is 1. The minimum Gasteiger partial charge on any atom is -0.481 e. The van der Waals surface area contributed by atoms with Gasteiger partial charge in [0.1, 0.15) is 0 Å². The van der Waals surface area contributed by atoms with Crippen LogP contribution in [0.25, 0.3) is 0 Å². The summed E-state index contributed by atoms with van der Waals surface area (Å²) in [6, 6.07) is 0. The summed E-state index contributed by atoms with van der Waals surface area (Å²) < 4.78 is 0. The molecule has 3 N–H and O–H groups in total. The largest absolute Gasteiger partial charge is 0.481 e. The third kappa shape index (κ3) is 1.81. The van der Waals surface area contributed by atoms with Crippen LogP contribution in [0.4, 0.5) is 0 Å². The van der Waals surface area contributed by atoms with Crippen molar-refractivity contribution in [1.29, 1.82) is 0 Å². The molecule has 2 aliphatic carbocycles. The van der Waals surface area contributed by atoms with Gasteiger partial charge >= 0.3 is 5.97 Å². The molecule has 3 heteroatoms. The minimum absolute atomic E-state index is 0.194. The van der Waals surface area contributed by atoms with Crippen LogP contribution in [-0.2, 0) is 4.79 Å². The number of rotatable bonds is 3. The second-order valence-electron chi connectivity index (χ2n) is 4.90. The van der Waals surface area contributed by atoms with E-state index in [0.717, 1.165) is 12.8 Å².